The van der Waals surface area contributed by atoms with E-state index in [0.717, 1.165) is 24.1 Å². The molecule has 2 amide bonds. The lowest BCUT2D eigenvalue weighted by atomic mass is 10.0. The van der Waals surface area contributed by atoms with Gasteiger partial charge in [-0.05, 0) is 31.2 Å². The van der Waals surface area contributed by atoms with Crippen LogP contribution in [0.15, 0.2) is 48.5 Å². The number of nitrogens with one attached hydrogen (secondary N) is 2. The maximum Gasteiger partial charge on any atom is 0.319 e. The van der Waals surface area contributed by atoms with E-state index in [1.54, 1.807) is 0 Å². The van der Waals surface area contributed by atoms with E-state index in [4.69, 9.17) is 4.74 Å². The van der Waals surface area contributed by atoms with Crippen LogP contribution >= 0.6 is 12.4 Å². The van der Waals surface area contributed by atoms with Gasteiger partial charge in [0, 0.05) is 19.2 Å². The number of carbonyl (C=O) groups is 1. The summed E-state index contributed by atoms with van der Waals surface area (Å²) < 4.78 is 32.5. The van der Waals surface area contributed by atoms with Crippen molar-refractivity contribution < 1.29 is 28.5 Å². The first-order valence-electron chi connectivity index (χ1n) is 10.1. The van der Waals surface area contributed by atoms with Crippen molar-refractivity contribution in [1.82, 2.24) is 10.2 Å². The maximum absolute atomic E-state index is 13.7. The summed E-state index contributed by atoms with van der Waals surface area (Å²) in [6, 6.07) is 11.6. The molecule has 0 unspecified atom stereocenters. The van der Waals surface area contributed by atoms with E-state index in [2.05, 4.69) is 10.6 Å². The van der Waals surface area contributed by atoms with Crippen molar-refractivity contribution in [2.75, 3.05) is 32.1 Å². The highest BCUT2D eigenvalue weighted by Crippen LogP contribution is 2.25. The highest BCUT2D eigenvalue weighted by Gasteiger charge is 2.45. The monoisotopic (exact) mass is 471 g/mol. The molecule has 3 rings (SSSR count). The first-order valence-corrected chi connectivity index (χ1v) is 10.1. The van der Waals surface area contributed by atoms with Gasteiger partial charge in [-0.25, -0.2) is 13.6 Å². The molecule has 1 saturated heterocycles. The van der Waals surface area contributed by atoms with Crippen molar-refractivity contribution in [2.45, 2.75) is 30.8 Å². The van der Waals surface area contributed by atoms with Crippen LogP contribution in [0.1, 0.15) is 5.56 Å². The molecule has 2 aromatic rings. The first kappa shape index (κ1) is 26.0. The lowest BCUT2D eigenvalue weighted by Crippen LogP contribution is -2.50. The number of aliphatic hydroxyl groups is 2. The Balaban J connectivity index is 0.00000363. The summed E-state index contributed by atoms with van der Waals surface area (Å²) in [7, 11) is 1.85. The second-order valence-electron chi connectivity index (χ2n) is 7.55. The molecule has 0 spiro atoms. The number of aliphatic hydroxyl groups excluding tert-OH is 2. The Bertz CT molecular complexity index is 878. The molecule has 7 nitrogen and oxygen atoms in total. The zero-order valence-corrected chi connectivity index (χ0v) is 18.4. The molecule has 1 aliphatic heterocycles. The number of ether oxygens (including phenoxy) is 1. The molecule has 176 valence electrons. The van der Waals surface area contributed by atoms with E-state index in [1.165, 1.54) is 0 Å². The number of nitrogens with zero attached hydrogens (tertiary/aromatic N) is 1. The molecule has 4 N–H and O–H groups in total. The molecule has 32 heavy (non-hydrogen) atoms. The van der Waals surface area contributed by atoms with E-state index >= 15 is 0 Å². The number of urea groups is 1. The van der Waals surface area contributed by atoms with E-state index in [0.29, 0.717) is 12.6 Å². The number of halogens is 3. The molecule has 4 atom stereocenters. The van der Waals surface area contributed by atoms with Crippen LogP contribution in [0.3, 0.4) is 0 Å². The van der Waals surface area contributed by atoms with Gasteiger partial charge in [0.2, 0.25) is 0 Å². The smallest absolute Gasteiger partial charge is 0.319 e. The van der Waals surface area contributed by atoms with Crippen molar-refractivity contribution in [2.24, 2.45) is 0 Å². The van der Waals surface area contributed by atoms with Gasteiger partial charge in [-0.15, -0.1) is 12.4 Å². The average Bonchev–Trinajstić information content (AvgIpc) is 3.08. The fourth-order valence-corrected chi connectivity index (χ4v) is 3.74. The Morgan fingerprint density at radius 2 is 1.88 bits per heavy atom. The van der Waals surface area contributed by atoms with Crippen LogP contribution < -0.4 is 10.6 Å². The highest BCUT2D eigenvalue weighted by molar-refractivity contribution is 5.89. The van der Waals surface area contributed by atoms with E-state index in [-0.39, 0.29) is 31.2 Å². The summed E-state index contributed by atoms with van der Waals surface area (Å²) in [5.74, 6) is -1.63. The lowest BCUT2D eigenvalue weighted by Gasteiger charge is -2.30. The van der Waals surface area contributed by atoms with Crippen LogP contribution in [0.5, 0.6) is 0 Å². The fraction of sp³-hybridized carbons (Fsp3) is 0.409. The number of hydrogen-bond acceptors (Lipinski definition) is 5. The summed E-state index contributed by atoms with van der Waals surface area (Å²) in [6.45, 7) is 0.312. The standard InChI is InChI=1S/C22H27F2N3O4.ClH/c1-27(10-9-14-5-3-2-4-6-14)20-18(31-19(13-28)21(20)29)12-25-22(30)26-17-8-7-15(23)11-16(17)24;/h2-8,11,18-21,28-29H,9-10,12-13H2,1H3,(H2,25,26,30);1H/t18-,19+,20+,21-;/m1./s1. The molecule has 0 radical (unpaired) electrons. The first-order chi connectivity index (χ1) is 14.9. The van der Waals surface area contributed by atoms with Crippen molar-refractivity contribution in [3.05, 3.63) is 65.7 Å². The second-order valence-corrected chi connectivity index (χ2v) is 7.55. The average molecular weight is 472 g/mol. The van der Waals surface area contributed by atoms with Crippen molar-refractivity contribution in [3.8, 4) is 0 Å². The molecule has 0 bridgehead atoms. The summed E-state index contributed by atoms with van der Waals surface area (Å²) in [5.41, 5.74) is 0.993. The van der Waals surface area contributed by atoms with E-state index in [9.17, 15) is 23.8 Å². The van der Waals surface area contributed by atoms with Crippen molar-refractivity contribution >= 4 is 24.1 Å². The van der Waals surface area contributed by atoms with Crippen LogP contribution in [-0.4, -0.2) is 72.2 Å². The molecule has 0 saturated carbocycles. The lowest BCUT2D eigenvalue weighted by molar-refractivity contribution is -0.0205. The van der Waals surface area contributed by atoms with E-state index in [1.807, 2.05) is 42.3 Å². The molecule has 10 heteroatoms. The Kier molecular flexibility index (Phi) is 9.80. The number of likely N-dealkylation sites (N-methyl/N-ethyl adjacent to an activating group) is 1. The van der Waals surface area contributed by atoms with Gasteiger partial charge >= 0.3 is 6.03 Å². The molecule has 0 aliphatic carbocycles. The van der Waals surface area contributed by atoms with Crippen molar-refractivity contribution in [3.63, 3.8) is 0 Å². The van der Waals surface area contributed by atoms with Gasteiger partial charge in [0.05, 0.1) is 24.4 Å². The third-order valence-electron chi connectivity index (χ3n) is 5.39. The predicted molar refractivity (Wildman–Crippen MR) is 119 cm³/mol. The van der Waals surface area contributed by atoms with Gasteiger partial charge < -0.3 is 25.6 Å². The molecule has 1 fully saturated rings. The maximum atomic E-state index is 13.7. The summed E-state index contributed by atoms with van der Waals surface area (Å²) in [6.07, 6.45) is -1.53. The topological polar surface area (TPSA) is 94.1 Å². The fourth-order valence-electron chi connectivity index (χ4n) is 3.74. The number of anilines is 1. The zero-order chi connectivity index (χ0) is 22.4. The molecular formula is C22H28ClF2N3O4. The van der Waals surface area contributed by atoms with Gasteiger partial charge in [0.1, 0.15) is 23.8 Å². The minimum Gasteiger partial charge on any atom is -0.394 e. The molecule has 1 heterocycles. The number of rotatable bonds is 8. The van der Waals surface area contributed by atoms with Gasteiger partial charge in [-0.3, -0.25) is 4.90 Å². The van der Waals surface area contributed by atoms with Crippen LogP contribution in [0.25, 0.3) is 0 Å². The molecule has 0 aromatic heterocycles. The highest BCUT2D eigenvalue weighted by atomic mass is 35.5. The Labute approximate surface area is 191 Å². The number of benzene rings is 2. The van der Waals surface area contributed by atoms with Gasteiger partial charge in [0.25, 0.3) is 0 Å². The quantitative estimate of drug-likeness (QED) is 0.473. The summed E-state index contributed by atoms with van der Waals surface area (Å²) in [4.78, 5) is 14.1. The van der Waals surface area contributed by atoms with Crippen LogP contribution in [0.2, 0.25) is 0 Å². The predicted octanol–water partition coefficient (Wildman–Crippen LogP) is 2.17. The molecular weight excluding hydrogens is 444 g/mol. The normalized spacial score (nSPS) is 22.4. The minimum absolute atomic E-state index is 0. The third kappa shape index (κ3) is 6.60. The number of amides is 2. The van der Waals surface area contributed by atoms with Gasteiger partial charge in [-0.2, -0.15) is 0 Å². The van der Waals surface area contributed by atoms with Crippen LogP contribution in [-0.2, 0) is 11.2 Å². The second kappa shape index (κ2) is 12.1. The summed E-state index contributed by atoms with van der Waals surface area (Å²) in [5, 5.41) is 25.0. The molecule has 2 aromatic carbocycles. The Morgan fingerprint density at radius 1 is 1.16 bits per heavy atom. The van der Waals surface area contributed by atoms with Crippen LogP contribution in [0, 0.1) is 11.6 Å². The number of carbonyl (C=O) groups excluding carboxylic acids is 1. The van der Waals surface area contributed by atoms with Gasteiger partial charge in [-0.1, -0.05) is 30.3 Å². The Hall–Kier alpha value is -2.30. The van der Waals surface area contributed by atoms with E-state index < -0.39 is 42.0 Å². The SMILES string of the molecule is CN(CCc1ccccc1)[C@@H]1[C@H](O)[C@H](CO)O[C@@H]1CNC(=O)Nc1ccc(F)cc1F.Cl. The third-order valence-corrected chi connectivity index (χ3v) is 5.39. The van der Waals surface area contributed by atoms with Gasteiger partial charge in [0.15, 0.2) is 0 Å². The van der Waals surface area contributed by atoms with Crippen LogP contribution in [0.4, 0.5) is 19.3 Å². The number of hydrogen-bond donors (Lipinski definition) is 4. The Morgan fingerprint density at radius 3 is 2.53 bits per heavy atom. The minimum atomic E-state index is -0.935. The molecule has 1 aliphatic rings. The van der Waals surface area contributed by atoms with Crippen molar-refractivity contribution in [1.29, 1.82) is 0 Å². The summed E-state index contributed by atoms with van der Waals surface area (Å²) >= 11 is 0. The largest absolute Gasteiger partial charge is 0.394 e. The zero-order valence-electron chi connectivity index (χ0n) is 17.6.